The van der Waals surface area contributed by atoms with Gasteiger partial charge in [-0.15, -0.1) is 11.3 Å². The highest BCUT2D eigenvalue weighted by Crippen LogP contribution is 2.39. The van der Waals surface area contributed by atoms with Gasteiger partial charge in [-0.25, -0.2) is 13.2 Å². The van der Waals surface area contributed by atoms with Crippen molar-refractivity contribution in [2.45, 2.75) is 44.4 Å². The molecule has 190 valence electrons. The molecule has 2 aromatic carbocycles. The lowest BCUT2D eigenvalue weighted by molar-refractivity contribution is -0.114. The Morgan fingerprint density at radius 2 is 1.78 bits per heavy atom. The molecule has 0 bridgehead atoms. The minimum absolute atomic E-state index is 0.0575. The molecule has 7 nitrogen and oxygen atoms in total. The molecule has 0 atom stereocenters. The number of fused-ring (bicyclic) bond motifs is 1. The highest BCUT2D eigenvalue weighted by atomic mass is 35.5. The second-order valence-electron chi connectivity index (χ2n) is 8.66. The van der Waals surface area contributed by atoms with Crippen LogP contribution in [-0.4, -0.2) is 33.9 Å². The van der Waals surface area contributed by atoms with E-state index in [9.17, 15) is 18.0 Å². The van der Waals surface area contributed by atoms with E-state index in [4.69, 9.17) is 16.3 Å². The van der Waals surface area contributed by atoms with Crippen molar-refractivity contribution < 1.29 is 22.7 Å². The van der Waals surface area contributed by atoms with Crippen molar-refractivity contribution >= 4 is 55.5 Å². The summed E-state index contributed by atoms with van der Waals surface area (Å²) in [6, 6.07) is 11.3. The second kappa shape index (κ2) is 10.6. The number of rotatable bonds is 7. The van der Waals surface area contributed by atoms with Crippen molar-refractivity contribution in [3.63, 3.8) is 0 Å². The van der Waals surface area contributed by atoms with Crippen LogP contribution in [0.4, 0.5) is 10.7 Å². The Hall–Kier alpha value is -2.88. The van der Waals surface area contributed by atoms with Crippen molar-refractivity contribution in [3.8, 4) is 0 Å². The number of sulfonamides is 1. The van der Waals surface area contributed by atoms with Gasteiger partial charge in [0.15, 0.2) is 0 Å². The van der Waals surface area contributed by atoms with E-state index >= 15 is 0 Å². The number of carbonyl (C=O) groups excluding carboxylic acids is 2. The SMILES string of the molecule is COC(=O)c1c(NC(=O)CN(c2cccc(Cl)c2C)S(=O)(=O)c2ccc(C)cc2)sc2c1CCCC2. The molecule has 0 spiro atoms. The average molecular weight is 547 g/mol. The number of hydrogen-bond acceptors (Lipinski definition) is 6. The second-order valence-corrected chi connectivity index (χ2v) is 12.0. The molecular formula is C26H27ClN2O5S2. The van der Waals surface area contributed by atoms with Gasteiger partial charge in [-0.3, -0.25) is 9.10 Å². The maximum Gasteiger partial charge on any atom is 0.341 e. The van der Waals surface area contributed by atoms with E-state index in [0.29, 0.717) is 26.8 Å². The van der Waals surface area contributed by atoms with Crippen LogP contribution in [0.15, 0.2) is 47.4 Å². The molecule has 0 saturated carbocycles. The van der Waals surface area contributed by atoms with Crippen LogP contribution in [0.5, 0.6) is 0 Å². The highest BCUT2D eigenvalue weighted by Gasteiger charge is 2.31. The molecule has 1 aromatic heterocycles. The van der Waals surface area contributed by atoms with Gasteiger partial charge in [0.25, 0.3) is 10.0 Å². The fourth-order valence-corrected chi connectivity index (χ4v) is 7.21. The Labute approximate surface area is 220 Å². The summed E-state index contributed by atoms with van der Waals surface area (Å²) < 4.78 is 33.4. The number of ether oxygens (including phenoxy) is 1. The van der Waals surface area contributed by atoms with E-state index in [-0.39, 0.29) is 4.90 Å². The van der Waals surface area contributed by atoms with Crippen LogP contribution in [-0.2, 0) is 32.4 Å². The number of halogens is 1. The van der Waals surface area contributed by atoms with Crippen LogP contribution >= 0.6 is 22.9 Å². The highest BCUT2D eigenvalue weighted by molar-refractivity contribution is 7.92. The summed E-state index contributed by atoms with van der Waals surface area (Å²) in [6.45, 7) is 3.07. The lowest BCUT2D eigenvalue weighted by atomic mass is 9.95. The fourth-order valence-electron chi connectivity index (χ4n) is 4.27. The number of amides is 1. The molecule has 0 fully saturated rings. The van der Waals surface area contributed by atoms with Crippen LogP contribution in [0.3, 0.4) is 0 Å². The summed E-state index contributed by atoms with van der Waals surface area (Å²) in [7, 11) is -2.80. The lowest BCUT2D eigenvalue weighted by Gasteiger charge is -2.26. The molecule has 0 unspecified atom stereocenters. The molecule has 0 aliphatic heterocycles. The Morgan fingerprint density at radius 3 is 2.47 bits per heavy atom. The number of thiophene rings is 1. The monoisotopic (exact) mass is 546 g/mol. The molecule has 1 aliphatic rings. The van der Waals surface area contributed by atoms with Crippen molar-refractivity contribution in [1.29, 1.82) is 0 Å². The molecule has 1 N–H and O–H groups in total. The Morgan fingerprint density at radius 1 is 1.08 bits per heavy atom. The number of benzene rings is 2. The number of nitrogens with zero attached hydrogens (tertiary/aromatic N) is 1. The molecule has 3 aromatic rings. The zero-order valence-corrected chi connectivity index (χ0v) is 22.6. The first-order valence-electron chi connectivity index (χ1n) is 11.5. The zero-order valence-electron chi connectivity index (χ0n) is 20.3. The first kappa shape index (κ1) is 26.2. The third-order valence-corrected chi connectivity index (χ3v) is 9.61. The summed E-state index contributed by atoms with van der Waals surface area (Å²) in [5, 5.41) is 3.56. The van der Waals surface area contributed by atoms with Gasteiger partial charge in [0.1, 0.15) is 11.5 Å². The average Bonchev–Trinajstić information content (AvgIpc) is 3.22. The van der Waals surface area contributed by atoms with Gasteiger partial charge >= 0.3 is 5.97 Å². The maximum atomic E-state index is 13.7. The maximum absolute atomic E-state index is 13.7. The molecule has 36 heavy (non-hydrogen) atoms. The molecular weight excluding hydrogens is 520 g/mol. The number of hydrogen-bond donors (Lipinski definition) is 1. The van der Waals surface area contributed by atoms with Crippen LogP contribution in [0.25, 0.3) is 0 Å². The molecule has 1 aliphatic carbocycles. The number of esters is 1. The Kier molecular flexibility index (Phi) is 7.73. The van der Waals surface area contributed by atoms with Gasteiger partial charge in [0.05, 0.1) is 23.3 Å². The van der Waals surface area contributed by atoms with Crippen molar-refractivity contribution in [2.24, 2.45) is 0 Å². The number of methoxy groups -OCH3 is 1. The van der Waals surface area contributed by atoms with E-state index in [2.05, 4.69) is 5.32 Å². The van der Waals surface area contributed by atoms with Crippen LogP contribution in [0.1, 0.15) is 44.8 Å². The smallest absolute Gasteiger partial charge is 0.341 e. The number of aryl methyl sites for hydroxylation is 2. The predicted molar refractivity (Wildman–Crippen MR) is 143 cm³/mol. The molecule has 0 radical (unpaired) electrons. The molecule has 0 saturated heterocycles. The summed E-state index contributed by atoms with van der Waals surface area (Å²) in [5.41, 5.74) is 3.01. The van der Waals surface area contributed by atoms with Crippen LogP contribution in [0.2, 0.25) is 5.02 Å². The van der Waals surface area contributed by atoms with Gasteiger partial charge in [-0.05, 0) is 74.9 Å². The van der Waals surface area contributed by atoms with Gasteiger partial charge in [0, 0.05) is 9.90 Å². The minimum Gasteiger partial charge on any atom is -0.465 e. The van der Waals surface area contributed by atoms with Crippen molar-refractivity contribution in [1.82, 2.24) is 0 Å². The molecule has 1 heterocycles. The quantitative estimate of drug-likeness (QED) is 0.394. The summed E-state index contributed by atoms with van der Waals surface area (Å²) >= 11 is 7.65. The van der Waals surface area contributed by atoms with E-state index in [1.165, 1.54) is 30.6 Å². The predicted octanol–water partition coefficient (Wildman–Crippen LogP) is 5.52. The third-order valence-electron chi connectivity index (χ3n) is 6.22. The molecule has 1 amide bonds. The van der Waals surface area contributed by atoms with Crippen molar-refractivity contribution in [3.05, 3.63) is 74.6 Å². The molecule has 4 rings (SSSR count). The van der Waals surface area contributed by atoms with Crippen molar-refractivity contribution in [2.75, 3.05) is 23.3 Å². The van der Waals surface area contributed by atoms with E-state index in [1.807, 2.05) is 6.92 Å². The summed E-state index contributed by atoms with van der Waals surface area (Å²) in [5.74, 6) is -1.09. The normalized spacial score (nSPS) is 13.1. The topological polar surface area (TPSA) is 92.8 Å². The third kappa shape index (κ3) is 5.14. The minimum atomic E-state index is -4.11. The lowest BCUT2D eigenvalue weighted by Crippen LogP contribution is -2.38. The first-order chi connectivity index (χ1) is 17.1. The van der Waals surface area contributed by atoms with E-state index < -0.39 is 28.4 Å². The zero-order chi connectivity index (χ0) is 26.0. The van der Waals surface area contributed by atoms with Gasteiger partial charge in [-0.1, -0.05) is 35.4 Å². The first-order valence-corrected chi connectivity index (χ1v) is 14.1. The van der Waals surface area contributed by atoms with Crippen LogP contribution < -0.4 is 9.62 Å². The van der Waals surface area contributed by atoms with Gasteiger partial charge < -0.3 is 10.1 Å². The fraction of sp³-hybridized carbons (Fsp3) is 0.308. The number of nitrogens with one attached hydrogen (secondary N) is 1. The Balaban J connectivity index is 1.71. The van der Waals surface area contributed by atoms with E-state index in [1.54, 1.807) is 37.3 Å². The number of anilines is 2. The number of carbonyl (C=O) groups is 2. The Bertz CT molecular complexity index is 1410. The van der Waals surface area contributed by atoms with Crippen LogP contribution in [0, 0.1) is 13.8 Å². The summed E-state index contributed by atoms with van der Waals surface area (Å²) in [4.78, 5) is 27.0. The summed E-state index contributed by atoms with van der Waals surface area (Å²) in [6.07, 6.45) is 3.53. The molecule has 10 heteroatoms. The standard InChI is InChI=1S/C26H27ClN2O5S2/c1-16-11-13-18(14-12-16)36(32,33)29(21-9-6-8-20(27)17(21)2)15-23(30)28-25-24(26(31)34-3)19-7-4-5-10-22(19)35-25/h6,8-9,11-14H,4-5,7,10,15H2,1-3H3,(H,28,30). The van der Waals surface area contributed by atoms with E-state index in [0.717, 1.165) is 46.0 Å². The van der Waals surface area contributed by atoms with Gasteiger partial charge in [-0.2, -0.15) is 0 Å². The van der Waals surface area contributed by atoms with Gasteiger partial charge in [0.2, 0.25) is 5.91 Å². The largest absolute Gasteiger partial charge is 0.465 e.